The van der Waals surface area contributed by atoms with Crippen LogP contribution in [0.1, 0.15) is 56.2 Å². The Morgan fingerprint density at radius 2 is 1.46 bits per heavy atom. The topological polar surface area (TPSA) is 38.7 Å². The second-order valence-electron chi connectivity index (χ2n) is 11.0. The van der Waals surface area contributed by atoms with E-state index in [9.17, 15) is 5.11 Å². The summed E-state index contributed by atoms with van der Waals surface area (Å²) < 4.78 is 12.9. The Hall–Kier alpha value is -3.50. The number of phenols is 1. The first-order valence-corrected chi connectivity index (χ1v) is 15.0. The minimum Gasteiger partial charge on any atom is -0.534 e. The Kier molecular flexibility index (Phi) is 6.87. The van der Waals surface area contributed by atoms with Crippen molar-refractivity contribution in [1.29, 1.82) is 0 Å². The van der Waals surface area contributed by atoms with E-state index in [1.54, 1.807) is 13.2 Å². The SMILES string of the molecule is COc1ccc(C2CCCc3cccc(O[Si](c4ccccc4)(c4ccccc4)C(C)(C)C)c32)c(O)c1. The van der Waals surface area contributed by atoms with Crippen molar-refractivity contribution in [1.82, 2.24) is 0 Å². The van der Waals surface area contributed by atoms with Crippen LogP contribution in [0.4, 0.5) is 0 Å². The third kappa shape index (κ3) is 4.55. The van der Waals surface area contributed by atoms with Gasteiger partial charge in [0.1, 0.15) is 17.2 Å². The number of aromatic hydroxyl groups is 1. The van der Waals surface area contributed by atoms with E-state index < -0.39 is 8.32 Å². The summed E-state index contributed by atoms with van der Waals surface area (Å²) >= 11 is 0. The van der Waals surface area contributed by atoms with E-state index in [0.29, 0.717) is 5.75 Å². The molecule has 0 amide bonds. The molecule has 0 aliphatic heterocycles. The lowest BCUT2D eigenvalue weighted by molar-refractivity contribution is 0.405. The van der Waals surface area contributed by atoms with Crippen LogP contribution < -0.4 is 19.5 Å². The molecule has 4 heteroatoms. The summed E-state index contributed by atoms with van der Waals surface area (Å²) in [6.07, 6.45) is 3.06. The van der Waals surface area contributed by atoms with Gasteiger partial charge in [-0.15, -0.1) is 0 Å². The maximum absolute atomic E-state index is 11.0. The summed E-state index contributed by atoms with van der Waals surface area (Å²) in [4.78, 5) is 0. The Bertz CT molecular complexity index is 1320. The molecule has 3 nitrogen and oxygen atoms in total. The van der Waals surface area contributed by atoms with Gasteiger partial charge in [-0.2, -0.15) is 0 Å². The molecular weight excluding hydrogens is 472 g/mol. The van der Waals surface area contributed by atoms with E-state index >= 15 is 0 Å². The monoisotopic (exact) mass is 508 g/mol. The van der Waals surface area contributed by atoms with Crippen molar-refractivity contribution in [3.8, 4) is 17.2 Å². The molecule has 1 aliphatic carbocycles. The molecule has 1 aliphatic rings. The molecule has 37 heavy (non-hydrogen) atoms. The van der Waals surface area contributed by atoms with Crippen molar-refractivity contribution in [2.24, 2.45) is 0 Å². The van der Waals surface area contributed by atoms with Crippen molar-refractivity contribution < 1.29 is 14.3 Å². The van der Waals surface area contributed by atoms with Gasteiger partial charge in [-0.05, 0) is 52.4 Å². The normalized spacial score (nSPS) is 15.6. The fourth-order valence-corrected chi connectivity index (χ4v) is 10.4. The first-order chi connectivity index (χ1) is 17.8. The Morgan fingerprint density at radius 1 is 0.811 bits per heavy atom. The molecule has 0 spiro atoms. The van der Waals surface area contributed by atoms with Gasteiger partial charge in [-0.1, -0.05) is 99.6 Å². The zero-order chi connectivity index (χ0) is 26.0. The van der Waals surface area contributed by atoms with Gasteiger partial charge >= 0.3 is 8.32 Å². The van der Waals surface area contributed by atoms with Gasteiger partial charge in [0.05, 0.1) is 7.11 Å². The van der Waals surface area contributed by atoms with E-state index in [2.05, 4.69) is 99.6 Å². The van der Waals surface area contributed by atoms with E-state index in [1.807, 2.05) is 12.1 Å². The number of fused-ring (bicyclic) bond motifs is 1. The van der Waals surface area contributed by atoms with Crippen LogP contribution in [0, 0.1) is 0 Å². The molecule has 0 saturated carbocycles. The lowest BCUT2D eigenvalue weighted by Crippen LogP contribution is -2.69. The van der Waals surface area contributed by atoms with Crippen LogP contribution in [0.15, 0.2) is 97.1 Å². The summed E-state index contributed by atoms with van der Waals surface area (Å²) in [7, 11) is -1.17. The van der Waals surface area contributed by atoms with Gasteiger partial charge in [-0.25, -0.2) is 0 Å². The fourth-order valence-electron chi connectivity index (χ4n) is 6.00. The largest absolute Gasteiger partial charge is 0.534 e. The van der Waals surface area contributed by atoms with Crippen molar-refractivity contribution in [3.63, 3.8) is 0 Å². The number of methoxy groups -OCH3 is 1. The molecule has 1 atom stereocenters. The first-order valence-electron chi connectivity index (χ1n) is 13.1. The number of hydrogen-bond donors (Lipinski definition) is 1. The van der Waals surface area contributed by atoms with E-state index in [-0.39, 0.29) is 16.7 Å². The van der Waals surface area contributed by atoms with Gasteiger partial charge in [-0.3, -0.25) is 0 Å². The van der Waals surface area contributed by atoms with E-state index in [4.69, 9.17) is 9.16 Å². The second-order valence-corrected chi connectivity index (χ2v) is 15.2. The Morgan fingerprint density at radius 3 is 2.03 bits per heavy atom. The maximum Gasteiger partial charge on any atom is 0.319 e. The van der Waals surface area contributed by atoms with Gasteiger partial charge < -0.3 is 14.3 Å². The minimum atomic E-state index is -2.79. The Balaban J connectivity index is 1.72. The first kappa shape index (κ1) is 25.2. The molecule has 0 radical (unpaired) electrons. The highest BCUT2D eigenvalue weighted by molar-refractivity contribution is 7.00. The molecule has 190 valence electrons. The third-order valence-electron chi connectivity index (χ3n) is 7.74. The van der Waals surface area contributed by atoms with Crippen LogP contribution >= 0.6 is 0 Å². The maximum atomic E-state index is 11.0. The third-order valence-corrected chi connectivity index (χ3v) is 12.7. The van der Waals surface area contributed by atoms with Crippen LogP contribution in [0.3, 0.4) is 0 Å². The molecule has 0 aromatic heterocycles. The van der Waals surface area contributed by atoms with Crippen LogP contribution in [0.2, 0.25) is 5.04 Å². The quantitative estimate of drug-likeness (QED) is 0.291. The predicted molar refractivity (Wildman–Crippen MR) is 154 cm³/mol. The highest BCUT2D eigenvalue weighted by Crippen LogP contribution is 2.47. The molecule has 0 heterocycles. The molecule has 0 fully saturated rings. The van der Waals surface area contributed by atoms with Crippen molar-refractivity contribution in [2.45, 2.75) is 51.0 Å². The molecule has 5 rings (SSSR count). The van der Waals surface area contributed by atoms with Crippen LogP contribution in [-0.2, 0) is 6.42 Å². The molecule has 0 bridgehead atoms. The number of aryl methyl sites for hydroxylation is 1. The lowest BCUT2D eigenvalue weighted by atomic mass is 9.78. The number of hydrogen-bond acceptors (Lipinski definition) is 3. The van der Waals surface area contributed by atoms with Gasteiger partial charge in [0.25, 0.3) is 0 Å². The van der Waals surface area contributed by atoms with Gasteiger partial charge in [0, 0.05) is 23.1 Å². The number of ether oxygens (including phenoxy) is 1. The summed E-state index contributed by atoms with van der Waals surface area (Å²) in [5, 5.41) is 13.4. The average molecular weight is 509 g/mol. The van der Waals surface area contributed by atoms with E-state index in [1.165, 1.54) is 21.5 Å². The molecule has 1 unspecified atom stereocenters. The molecule has 4 aromatic rings. The summed E-state index contributed by atoms with van der Waals surface area (Å²) in [6.45, 7) is 6.92. The summed E-state index contributed by atoms with van der Waals surface area (Å²) in [6, 6.07) is 33.7. The average Bonchev–Trinajstić information content (AvgIpc) is 2.91. The van der Waals surface area contributed by atoms with Gasteiger partial charge in [0.15, 0.2) is 0 Å². The van der Waals surface area contributed by atoms with Crippen molar-refractivity contribution in [3.05, 3.63) is 114 Å². The standard InChI is InChI=1S/C33H36O3Si/c1-33(2,3)37(26-15-7-5-8-16-26,27-17-9-6-10-18-27)36-31-20-12-14-24-13-11-19-29(32(24)31)28-22-21-25(35-4)23-30(28)34/h5-10,12,14-18,20-23,29,34H,11,13,19H2,1-4H3. The molecular formula is C33H36O3Si. The van der Waals surface area contributed by atoms with Crippen LogP contribution in [-0.4, -0.2) is 20.5 Å². The van der Waals surface area contributed by atoms with Gasteiger partial charge in [0.2, 0.25) is 0 Å². The highest BCUT2D eigenvalue weighted by atomic mass is 28.4. The molecule has 0 saturated heterocycles. The lowest BCUT2D eigenvalue weighted by Gasteiger charge is -2.44. The zero-order valence-electron chi connectivity index (χ0n) is 22.2. The van der Waals surface area contributed by atoms with E-state index in [0.717, 1.165) is 30.6 Å². The number of phenolic OH excluding ortho intramolecular Hbond substituents is 1. The van der Waals surface area contributed by atoms with Crippen LogP contribution in [0.5, 0.6) is 17.2 Å². The summed E-state index contributed by atoms with van der Waals surface area (Å²) in [5.74, 6) is 1.93. The highest BCUT2D eigenvalue weighted by Gasteiger charge is 2.52. The van der Waals surface area contributed by atoms with Crippen molar-refractivity contribution >= 4 is 18.7 Å². The molecule has 4 aromatic carbocycles. The van der Waals surface area contributed by atoms with Crippen molar-refractivity contribution in [2.75, 3.05) is 7.11 Å². The minimum absolute atomic E-state index is 0.0593. The number of rotatable bonds is 6. The Labute approximate surface area is 221 Å². The fraction of sp³-hybridized carbons (Fsp3) is 0.273. The van der Waals surface area contributed by atoms with Crippen LogP contribution in [0.25, 0.3) is 0 Å². The number of benzene rings is 4. The summed E-state index contributed by atoms with van der Waals surface area (Å²) in [5.41, 5.74) is 3.45. The molecule has 1 N–H and O–H groups in total. The second kappa shape index (κ2) is 10.1. The zero-order valence-corrected chi connectivity index (χ0v) is 23.2. The predicted octanol–water partition coefficient (Wildman–Crippen LogP) is 6.81. The smallest absolute Gasteiger partial charge is 0.319 e.